The van der Waals surface area contributed by atoms with Gasteiger partial charge in [0.25, 0.3) is 0 Å². The first kappa shape index (κ1) is 18.7. The van der Waals surface area contributed by atoms with Gasteiger partial charge in [-0.25, -0.2) is 4.68 Å². The topological polar surface area (TPSA) is 55.2 Å². The Bertz CT molecular complexity index is 1130. The third kappa shape index (κ3) is 3.20. The Balaban J connectivity index is 1.21. The summed E-state index contributed by atoms with van der Waals surface area (Å²) < 4.78 is 8.08. The number of hydrogen-bond acceptors (Lipinski definition) is 5. The van der Waals surface area contributed by atoms with Gasteiger partial charge in [0, 0.05) is 42.1 Å². The molecule has 5 heterocycles. The number of anilines is 1. The van der Waals surface area contributed by atoms with Crippen LogP contribution in [0.1, 0.15) is 50.5 Å². The summed E-state index contributed by atoms with van der Waals surface area (Å²) in [5, 5.41) is 8.20. The van der Waals surface area contributed by atoms with E-state index < -0.39 is 0 Å². The highest BCUT2D eigenvalue weighted by Crippen LogP contribution is 2.42. The van der Waals surface area contributed by atoms with Gasteiger partial charge in [-0.05, 0) is 80.0 Å². The standard InChI is InChI=1S/C26H29N5O/c1-3-18-14-22(15-19(4-1)28-18)31(20-5-6-20)25-10-9-24-23-8-7-21(30-12-2-11-27-30)13-17(23)16-32-26(24)29-25/h2,7-13,18-20,22,28H,1,3-6,14-16H2/t18-,19?,22?/m0/s1. The molecule has 0 amide bonds. The molecular weight excluding hydrogens is 398 g/mol. The van der Waals surface area contributed by atoms with Crippen molar-refractivity contribution in [3.05, 3.63) is 54.4 Å². The van der Waals surface area contributed by atoms with Crippen molar-refractivity contribution in [1.82, 2.24) is 20.1 Å². The molecule has 2 saturated heterocycles. The summed E-state index contributed by atoms with van der Waals surface area (Å²) in [6.45, 7) is 0.550. The fourth-order valence-corrected chi connectivity index (χ4v) is 6.05. The van der Waals surface area contributed by atoms with Crippen molar-refractivity contribution in [2.24, 2.45) is 0 Å². The van der Waals surface area contributed by atoms with Crippen molar-refractivity contribution in [2.75, 3.05) is 4.90 Å². The summed E-state index contributed by atoms with van der Waals surface area (Å²) in [6.07, 6.45) is 12.9. The maximum atomic E-state index is 6.20. The molecule has 3 aromatic rings. The summed E-state index contributed by atoms with van der Waals surface area (Å²) in [4.78, 5) is 7.73. The maximum absolute atomic E-state index is 6.20. The predicted molar refractivity (Wildman–Crippen MR) is 124 cm³/mol. The molecule has 1 N–H and O–H groups in total. The van der Waals surface area contributed by atoms with Gasteiger partial charge in [-0.2, -0.15) is 10.1 Å². The molecule has 7 rings (SSSR count). The van der Waals surface area contributed by atoms with Crippen molar-refractivity contribution in [1.29, 1.82) is 0 Å². The Kier molecular flexibility index (Phi) is 4.29. The first-order valence-corrected chi connectivity index (χ1v) is 12.1. The van der Waals surface area contributed by atoms with Gasteiger partial charge >= 0.3 is 0 Å². The minimum atomic E-state index is 0.550. The summed E-state index contributed by atoms with van der Waals surface area (Å²) in [6, 6.07) is 15.5. The third-order valence-corrected chi connectivity index (χ3v) is 7.65. The van der Waals surface area contributed by atoms with Crippen LogP contribution in [0.5, 0.6) is 5.88 Å². The van der Waals surface area contributed by atoms with E-state index in [4.69, 9.17) is 9.72 Å². The molecule has 2 aromatic heterocycles. The number of benzene rings is 1. The van der Waals surface area contributed by atoms with Crippen LogP contribution in [0.4, 0.5) is 5.82 Å². The largest absolute Gasteiger partial charge is 0.472 e. The molecule has 3 atom stereocenters. The molecule has 4 aliphatic rings. The second-order valence-corrected chi connectivity index (χ2v) is 9.86. The normalized spacial score (nSPS) is 26.1. The van der Waals surface area contributed by atoms with Crippen LogP contribution in [-0.4, -0.2) is 38.9 Å². The summed E-state index contributed by atoms with van der Waals surface area (Å²) in [5.41, 5.74) is 4.56. The lowest BCUT2D eigenvalue weighted by molar-refractivity contribution is 0.215. The average Bonchev–Trinajstić information content (AvgIpc) is 3.49. The molecular formula is C26H29N5O. The van der Waals surface area contributed by atoms with E-state index in [2.05, 4.69) is 45.6 Å². The van der Waals surface area contributed by atoms with Crippen molar-refractivity contribution < 1.29 is 4.74 Å². The monoisotopic (exact) mass is 427 g/mol. The minimum Gasteiger partial charge on any atom is -0.472 e. The lowest BCUT2D eigenvalue weighted by Gasteiger charge is -2.45. The molecule has 1 aromatic carbocycles. The molecule has 0 radical (unpaired) electrons. The van der Waals surface area contributed by atoms with E-state index in [1.54, 1.807) is 6.20 Å². The number of fused-ring (bicyclic) bond motifs is 5. The van der Waals surface area contributed by atoms with Crippen molar-refractivity contribution in [2.45, 2.75) is 75.7 Å². The van der Waals surface area contributed by atoms with Gasteiger partial charge in [-0.3, -0.25) is 0 Å². The lowest BCUT2D eigenvalue weighted by Crippen LogP contribution is -2.55. The fourth-order valence-electron chi connectivity index (χ4n) is 6.05. The Morgan fingerprint density at radius 2 is 1.81 bits per heavy atom. The minimum absolute atomic E-state index is 0.550. The molecule has 164 valence electrons. The highest BCUT2D eigenvalue weighted by molar-refractivity contribution is 5.75. The van der Waals surface area contributed by atoms with Crippen LogP contribution in [0.3, 0.4) is 0 Å². The number of piperidine rings is 2. The highest BCUT2D eigenvalue weighted by Gasteiger charge is 2.40. The fraction of sp³-hybridized carbons (Fsp3) is 0.462. The average molecular weight is 428 g/mol. The molecule has 6 heteroatoms. The molecule has 3 aliphatic heterocycles. The molecule has 0 spiro atoms. The van der Waals surface area contributed by atoms with E-state index in [0.717, 1.165) is 22.9 Å². The maximum Gasteiger partial charge on any atom is 0.223 e. The number of nitrogens with zero attached hydrogens (tertiary/aromatic N) is 4. The number of hydrogen-bond donors (Lipinski definition) is 1. The van der Waals surface area contributed by atoms with E-state index in [0.29, 0.717) is 30.8 Å². The third-order valence-electron chi connectivity index (χ3n) is 7.65. The van der Waals surface area contributed by atoms with Crippen molar-refractivity contribution >= 4 is 5.82 Å². The summed E-state index contributed by atoms with van der Waals surface area (Å²) in [7, 11) is 0. The smallest absolute Gasteiger partial charge is 0.223 e. The predicted octanol–water partition coefficient (Wildman–Crippen LogP) is 4.47. The van der Waals surface area contributed by atoms with Gasteiger partial charge in [0.1, 0.15) is 12.4 Å². The van der Waals surface area contributed by atoms with Gasteiger partial charge in [0.05, 0.1) is 5.69 Å². The molecule has 6 nitrogen and oxygen atoms in total. The Morgan fingerprint density at radius 1 is 0.969 bits per heavy atom. The molecule has 32 heavy (non-hydrogen) atoms. The van der Waals surface area contributed by atoms with Crippen LogP contribution >= 0.6 is 0 Å². The molecule has 2 bridgehead atoms. The highest BCUT2D eigenvalue weighted by atomic mass is 16.5. The summed E-state index contributed by atoms with van der Waals surface area (Å²) >= 11 is 0. The number of aromatic nitrogens is 3. The Hall–Kier alpha value is -2.86. The Labute approximate surface area is 188 Å². The zero-order valence-electron chi connectivity index (χ0n) is 18.3. The molecule has 1 aliphatic carbocycles. The molecule has 1 saturated carbocycles. The van der Waals surface area contributed by atoms with Gasteiger partial charge in [0.2, 0.25) is 5.88 Å². The van der Waals surface area contributed by atoms with Crippen LogP contribution < -0.4 is 15.0 Å². The number of ether oxygens (including phenoxy) is 1. The van der Waals surface area contributed by atoms with E-state index in [1.807, 2.05) is 16.9 Å². The van der Waals surface area contributed by atoms with Crippen molar-refractivity contribution in [3.8, 4) is 22.7 Å². The van der Waals surface area contributed by atoms with Crippen molar-refractivity contribution in [3.63, 3.8) is 0 Å². The van der Waals surface area contributed by atoms with Gasteiger partial charge in [0.15, 0.2) is 0 Å². The van der Waals surface area contributed by atoms with E-state index >= 15 is 0 Å². The van der Waals surface area contributed by atoms with Crippen LogP contribution in [0.15, 0.2) is 48.8 Å². The zero-order valence-corrected chi connectivity index (χ0v) is 18.3. The Morgan fingerprint density at radius 3 is 2.59 bits per heavy atom. The zero-order chi connectivity index (χ0) is 21.1. The van der Waals surface area contributed by atoms with E-state index in [9.17, 15) is 0 Å². The van der Waals surface area contributed by atoms with E-state index in [1.165, 1.54) is 56.1 Å². The van der Waals surface area contributed by atoms with Gasteiger partial charge in [-0.1, -0.05) is 12.5 Å². The van der Waals surface area contributed by atoms with Gasteiger partial charge in [-0.15, -0.1) is 0 Å². The quantitative estimate of drug-likeness (QED) is 0.666. The van der Waals surface area contributed by atoms with E-state index in [-0.39, 0.29) is 0 Å². The lowest BCUT2D eigenvalue weighted by atomic mass is 9.83. The molecule has 3 fully saturated rings. The summed E-state index contributed by atoms with van der Waals surface area (Å²) in [5.74, 6) is 1.88. The number of pyridine rings is 1. The van der Waals surface area contributed by atoms with Crippen LogP contribution in [0.25, 0.3) is 16.8 Å². The second-order valence-electron chi connectivity index (χ2n) is 9.86. The number of rotatable bonds is 4. The second kappa shape index (κ2) is 7.34. The SMILES string of the molecule is c1cnn(-c2ccc3c(c2)COc2nc(N(C4CC4)C4CC5CCC[C@@H](C4)N5)ccc2-3)c1. The van der Waals surface area contributed by atoms with Crippen LogP contribution in [-0.2, 0) is 6.61 Å². The first-order valence-electron chi connectivity index (χ1n) is 12.1. The first-order chi connectivity index (χ1) is 15.8. The number of nitrogens with one attached hydrogen (secondary N) is 1. The van der Waals surface area contributed by atoms with Crippen LogP contribution in [0, 0.1) is 0 Å². The molecule has 2 unspecified atom stereocenters. The van der Waals surface area contributed by atoms with Gasteiger partial charge < -0.3 is 15.0 Å². The van der Waals surface area contributed by atoms with Crippen LogP contribution in [0.2, 0.25) is 0 Å².